The predicted molar refractivity (Wildman–Crippen MR) is 336 cm³/mol. The molecule has 0 radical (unpaired) electrons. The fourth-order valence-electron chi connectivity index (χ4n) is 14.7. The SMILES string of the molecule is C=C(CC1C(C(C)C)CCCC1C(C)(C)C)c1c(NC(=C)C(CC)CCCC)[nH]c(/C=C2\N=C(NC(=C)C(CC)CCCC)C(C(=O)CC3C(C(C)(C)C)CC(C)CC3C(C)(C)C)=C2c2ccccc2)c1-c1ccccc1. The summed E-state index contributed by atoms with van der Waals surface area (Å²) in [6.45, 7) is 52.7. The van der Waals surface area contributed by atoms with Crippen LogP contribution in [0.5, 0.6) is 0 Å². The van der Waals surface area contributed by atoms with E-state index >= 15 is 4.79 Å². The third kappa shape index (κ3) is 15.0. The van der Waals surface area contributed by atoms with Gasteiger partial charge < -0.3 is 15.6 Å². The van der Waals surface area contributed by atoms with Crippen molar-refractivity contribution in [1.82, 2.24) is 10.3 Å². The summed E-state index contributed by atoms with van der Waals surface area (Å²) in [5, 5.41) is 7.79. The summed E-state index contributed by atoms with van der Waals surface area (Å²) < 4.78 is 0. The summed E-state index contributed by atoms with van der Waals surface area (Å²) in [6, 6.07) is 21.5. The highest BCUT2D eigenvalue weighted by Crippen LogP contribution is 2.55. The molecule has 2 saturated carbocycles. The number of anilines is 1. The van der Waals surface area contributed by atoms with E-state index in [0.29, 0.717) is 65.2 Å². The minimum atomic E-state index is 0.0469. The van der Waals surface area contributed by atoms with E-state index in [0.717, 1.165) is 133 Å². The molecule has 0 amide bonds. The highest BCUT2D eigenvalue weighted by molar-refractivity contribution is 6.31. The molecule has 0 saturated heterocycles. The summed E-state index contributed by atoms with van der Waals surface area (Å²) in [4.78, 5) is 25.9. The van der Waals surface area contributed by atoms with Crippen molar-refractivity contribution >= 4 is 34.7 Å². The fourth-order valence-corrected chi connectivity index (χ4v) is 14.7. The quantitative estimate of drug-likeness (QED) is 0.0886. The van der Waals surface area contributed by atoms with E-state index in [1.165, 1.54) is 19.3 Å². The zero-order chi connectivity index (χ0) is 56.6. The minimum Gasteiger partial charge on any atom is -0.345 e. The first-order valence-corrected chi connectivity index (χ1v) is 30.9. The number of aromatic amines is 1. The number of carbonyl (C=O) groups excluding carboxylic acids is 1. The summed E-state index contributed by atoms with van der Waals surface area (Å²) in [6.07, 6.45) is 18.3. The average molecular weight is 1050 g/mol. The maximum atomic E-state index is 16.1. The first-order chi connectivity index (χ1) is 36.3. The number of aliphatic imine (C=N–C) groups is 1. The van der Waals surface area contributed by atoms with Crippen molar-refractivity contribution in [3.8, 4) is 11.1 Å². The van der Waals surface area contributed by atoms with E-state index in [4.69, 9.17) is 24.7 Å². The second kappa shape index (κ2) is 26.5. The molecule has 0 spiro atoms. The van der Waals surface area contributed by atoms with Crippen LogP contribution in [0, 0.1) is 75.4 Å². The van der Waals surface area contributed by atoms with Gasteiger partial charge in [-0.05, 0) is 156 Å². The summed E-state index contributed by atoms with van der Waals surface area (Å²) in [5.41, 5.74) is 11.0. The number of unbranched alkanes of at least 4 members (excludes halogenated alkanes) is 2. The van der Waals surface area contributed by atoms with E-state index in [1.54, 1.807) is 0 Å². The number of H-pyrrole nitrogens is 1. The van der Waals surface area contributed by atoms with Gasteiger partial charge in [-0.15, -0.1) is 0 Å². The van der Waals surface area contributed by atoms with Crippen LogP contribution in [-0.4, -0.2) is 16.6 Å². The van der Waals surface area contributed by atoms with Crippen LogP contribution in [0.25, 0.3) is 28.3 Å². The van der Waals surface area contributed by atoms with E-state index in [1.807, 2.05) is 0 Å². The maximum absolute atomic E-state index is 16.1. The third-order valence-electron chi connectivity index (χ3n) is 19.0. The average Bonchev–Trinajstić information content (AvgIpc) is 3.91. The molecule has 3 aromatic rings. The summed E-state index contributed by atoms with van der Waals surface area (Å²) in [7, 11) is 0. The fraction of sp³-hybridized carbons (Fsp3) is 0.611. The van der Waals surface area contributed by atoms with Gasteiger partial charge >= 0.3 is 0 Å². The first kappa shape index (κ1) is 61.6. The molecule has 6 rings (SSSR count). The molecule has 1 aromatic heterocycles. The molecule has 3 aliphatic rings. The van der Waals surface area contributed by atoms with Crippen LogP contribution >= 0.6 is 0 Å². The lowest BCUT2D eigenvalue weighted by Gasteiger charge is -2.51. The van der Waals surface area contributed by atoms with E-state index in [-0.39, 0.29) is 33.9 Å². The van der Waals surface area contributed by atoms with Crippen LogP contribution in [0.1, 0.15) is 224 Å². The normalized spacial score (nSPS) is 23.7. The largest absolute Gasteiger partial charge is 0.345 e. The molecule has 0 bridgehead atoms. The number of allylic oxidation sites excluding steroid dienone is 4. The zero-order valence-corrected chi connectivity index (χ0v) is 51.7. The Kier molecular flexibility index (Phi) is 21.2. The Morgan fingerprint density at radius 1 is 0.701 bits per heavy atom. The molecule has 7 atom stereocenters. The lowest BCUT2D eigenvalue weighted by molar-refractivity contribution is -0.119. The van der Waals surface area contributed by atoms with Crippen molar-refractivity contribution in [2.75, 3.05) is 5.32 Å². The van der Waals surface area contributed by atoms with Gasteiger partial charge in [0.15, 0.2) is 5.78 Å². The molecule has 5 heteroatoms. The van der Waals surface area contributed by atoms with Gasteiger partial charge in [0, 0.05) is 34.5 Å². The van der Waals surface area contributed by atoms with Gasteiger partial charge in [0.1, 0.15) is 11.7 Å². The zero-order valence-electron chi connectivity index (χ0n) is 51.7. The second-order valence-electron chi connectivity index (χ2n) is 28.0. The van der Waals surface area contributed by atoms with Crippen LogP contribution in [0.4, 0.5) is 5.82 Å². The van der Waals surface area contributed by atoms with Crippen molar-refractivity contribution in [3.05, 3.63) is 120 Å². The van der Waals surface area contributed by atoms with Crippen molar-refractivity contribution in [1.29, 1.82) is 0 Å². The molecule has 2 fully saturated rings. The number of nitrogens with zero attached hydrogens (tertiary/aromatic N) is 1. The van der Waals surface area contributed by atoms with E-state index in [2.05, 4.69) is 193 Å². The molecule has 7 unspecified atom stereocenters. The number of carbonyl (C=O) groups is 1. The van der Waals surface area contributed by atoms with Crippen molar-refractivity contribution in [2.45, 2.75) is 207 Å². The third-order valence-corrected chi connectivity index (χ3v) is 19.0. The number of hydrogen-bond donors (Lipinski definition) is 3. The monoisotopic (exact) mass is 1040 g/mol. The molecule has 3 N–H and O–H groups in total. The van der Waals surface area contributed by atoms with Crippen molar-refractivity contribution in [2.24, 2.45) is 80.4 Å². The van der Waals surface area contributed by atoms with Crippen LogP contribution in [0.3, 0.4) is 0 Å². The van der Waals surface area contributed by atoms with E-state index < -0.39 is 0 Å². The highest BCUT2D eigenvalue weighted by Gasteiger charge is 2.48. The number of rotatable bonds is 23. The first-order valence-electron chi connectivity index (χ1n) is 30.9. The molecule has 2 aliphatic carbocycles. The molecule has 422 valence electrons. The lowest BCUT2D eigenvalue weighted by atomic mass is 9.54. The standard InChI is InChI=1S/C72H108N4O/c1-20-24-33-51(22-3)49(9)73-68-64(48(8)43-56-55(46(5)6)39-32-40-58(56)70(11,12)13)65(53-35-28-26-29-36-53)61(75-68)45-62-66(54-37-30-27-31-38-54)67(69(76-62)74-50(10)52(23-4)34-25-21-2)63(77)44-57-59(71(14,15)16)41-47(7)42-60(57)72(17,18)19/h26-31,35-38,45-47,51-52,55-60,73,75H,8-10,20-25,32-34,39-44H2,1-7,11-19H3,(H,74,76)/b62-45-. The van der Waals surface area contributed by atoms with Crippen LogP contribution in [0.2, 0.25) is 0 Å². The number of aromatic nitrogens is 1. The Balaban J connectivity index is 1.65. The molecule has 1 aliphatic heterocycles. The lowest BCUT2D eigenvalue weighted by Crippen LogP contribution is -2.45. The number of amidine groups is 1. The van der Waals surface area contributed by atoms with Gasteiger partial charge in [-0.3, -0.25) is 4.79 Å². The van der Waals surface area contributed by atoms with Gasteiger partial charge in [-0.1, -0.05) is 223 Å². The molecular formula is C72H108N4O. The van der Waals surface area contributed by atoms with Gasteiger partial charge in [-0.25, -0.2) is 4.99 Å². The van der Waals surface area contributed by atoms with E-state index in [9.17, 15) is 0 Å². The van der Waals surface area contributed by atoms with Crippen LogP contribution in [0.15, 0.2) is 108 Å². The maximum Gasteiger partial charge on any atom is 0.167 e. The Morgan fingerprint density at radius 3 is 1.71 bits per heavy atom. The number of ketones is 1. The van der Waals surface area contributed by atoms with Gasteiger partial charge in [-0.2, -0.15) is 0 Å². The van der Waals surface area contributed by atoms with Crippen LogP contribution in [-0.2, 0) is 4.79 Å². The molecule has 77 heavy (non-hydrogen) atoms. The highest BCUT2D eigenvalue weighted by atomic mass is 16.1. The molecule has 5 nitrogen and oxygen atoms in total. The van der Waals surface area contributed by atoms with Crippen molar-refractivity contribution < 1.29 is 4.79 Å². The second-order valence-corrected chi connectivity index (χ2v) is 28.0. The molecular weight excluding hydrogens is 937 g/mol. The molecule has 2 heterocycles. The van der Waals surface area contributed by atoms with Crippen molar-refractivity contribution in [3.63, 3.8) is 0 Å². The number of hydrogen-bond acceptors (Lipinski definition) is 4. The van der Waals surface area contributed by atoms with Gasteiger partial charge in [0.05, 0.1) is 17.0 Å². The van der Waals surface area contributed by atoms with Gasteiger partial charge in [0.25, 0.3) is 0 Å². The summed E-state index contributed by atoms with van der Waals surface area (Å²) >= 11 is 0. The minimum absolute atomic E-state index is 0.0469. The number of Topliss-reactive ketones (excluding diaryl/α,β-unsaturated/α-hetero) is 1. The Hall–Kier alpha value is -4.64. The smallest absolute Gasteiger partial charge is 0.167 e. The number of benzene rings is 2. The Morgan fingerprint density at radius 2 is 1.22 bits per heavy atom. The van der Waals surface area contributed by atoms with Gasteiger partial charge in [0.2, 0.25) is 0 Å². The predicted octanol–water partition coefficient (Wildman–Crippen LogP) is 20.8. The summed E-state index contributed by atoms with van der Waals surface area (Å²) in [5.74, 6) is 6.20. The number of nitrogens with one attached hydrogen (secondary N) is 3. The Bertz CT molecular complexity index is 2540. The van der Waals surface area contributed by atoms with Crippen LogP contribution < -0.4 is 10.6 Å². The topological polar surface area (TPSA) is 69.3 Å². The Labute approximate surface area is 471 Å². The molecule has 2 aromatic carbocycles.